The third kappa shape index (κ3) is 4.34. The smallest absolute Gasteiger partial charge is 0.337 e. The Morgan fingerprint density at radius 3 is 2.08 bits per heavy atom. The van der Waals surface area contributed by atoms with Gasteiger partial charge in [0.1, 0.15) is 5.76 Å². The van der Waals surface area contributed by atoms with Crippen LogP contribution in [0.15, 0.2) is 78.4 Å². The molecule has 1 N–H and O–H groups in total. The van der Waals surface area contributed by atoms with Gasteiger partial charge in [-0.15, -0.1) is 0 Å². The summed E-state index contributed by atoms with van der Waals surface area (Å²) in [6.07, 6.45) is 0.790. The summed E-state index contributed by atoms with van der Waals surface area (Å²) < 4.78 is 4.72. The number of benzene rings is 3. The average molecular weight is 486 g/mol. The first-order valence-electron chi connectivity index (χ1n) is 11.1. The molecule has 3 aromatic rings. The van der Waals surface area contributed by atoms with Crippen molar-refractivity contribution in [3.8, 4) is 0 Å². The van der Waals surface area contributed by atoms with Crippen LogP contribution in [0.1, 0.15) is 40.0 Å². The van der Waals surface area contributed by atoms with Gasteiger partial charge in [-0.3, -0.25) is 24.6 Å². The lowest BCUT2D eigenvalue weighted by Gasteiger charge is -2.25. The number of hydrogen-bond donors (Lipinski definition) is 1. The van der Waals surface area contributed by atoms with Crippen molar-refractivity contribution in [1.82, 2.24) is 0 Å². The van der Waals surface area contributed by atoms with E-state index in [-0.39, 0.29) is 22.4 Å². The summed E-state index contributed by atoms with van der Waals surface area (Å²) in [5, 5.41) is 22.1. The van der Waals surface area contributed by atoms with Crippen molar-refractivity contribution < 1.29 is 29.2 Å². The number of methoxy groups -OCH3 is 1. The molecule has 182 valence electrons. The molecule has 9 nitrogen and oxygen atoms in total. The Hall–Kier alpha value is -4.79. The number of aryl methyl sites for hydroxylation is 1. The summed E-state index contributed by atoms with van der Waals surface area (Å²) in [7, 11) is 1.26. The summed E-state index contributed by atoms with van der Waals surface area (Å²) >= 11 is 0. The third-order valence-corrected chi connectivity index (χ3v) is 6.07. The second-order valence-electron chi connectivity index (χ2n) is 8.11. The molecule has 9 heteroatoms. The predicted molar refractivity (Wildman–Crippen MR) is 131 cm³/mol. The molecule has 1 aliphatic rings. The Kier molecular flexibility index (Phi) is 6.64. The van der Waals surface area contributed by atoms with Gasteiger partial charge in [0.05, 0.1) is 29.2 Å². The lowest BCUT2D eigenvalue weighted by molar-refractivity contribution is -0.384. The number of nitrogens with zero attached hydrogens (tertiary/aromatic N) is 2. The molecular formula is C27H22N2O7. The van der Waals surface area contributed by atoms with Crippen LogP contribution < -0.4 is 4.90 Å². The summed E-state index contributed by atoms with van der Waals surface area (Å²) in [5.41, 5.74) is 2.10. The number of esters is 1. The fourth-order valence-corrected chi connectivity index (χ4v) is 4.12. The first kappa shape index (κ1) is 24.3. The number of nitro benzene ring substituents is 1. The molecule has 36 heavy (non-hydrogen) atoms. The van der Waals surface area contributed by atoms with E-state index >= 15 is 0 Å². The standard InChI is InChI=1S/C27H22N2O7/c1-3-16-4-6-17(7-5-16)23-22(24(30)18-8-14-21(15-9-18)29(34)35)25(31)26(32)28(23)20-12-10-19(11-13-20)27(33)36-2/h4-15,23,30H,3H2,1-2H3/b24-22-. The SMILES string of the molecule is CCc1ccc(C2/C(=C(/O)c3ccc([N+](=O)[O-])cc3)C(=O)C(=O)N2c2ccc(C(=O)OC)cc2)cc1. The molecule has 0 saturated carbocycles. The van der Waals surface area contributed by atoms with Crippen LogP contribution in [0.5, 0.6) is 0 Å². The second-order valence-corrected chi connectivity index (χ2v) is 8.11. The van der Waals surface area contributed by atoms with Gasteiger partial charge in [0, 0.05) is 23.4 Å². The molecule has 1 fully saturated rings. The summed E-state index contributed by atoms with van der Waals surface area (Å²) in [6, 6.07) is 17.4. The van der Waals surface area contributed by atoms with Crippen LogP contribution in [0.3, 0.4) is 0 Å². The highest BCUT2D eigenvalue weighted by Gasteiger charge is 2.47. The second kappa shape index (κ2) is 9.83. The minimum absolute atomic E-state index is 0.143. The topological polar surface area (TPSA) is 127 Å². The molecule has 1 aliphatic heterocycles. The average Bonchev–Trinajstić information content (AvgIpc) is 3.18. The van der Waals surface area contributed by atoms with E-state index in [0.29, 0.717) is 11.3 Å². The number of nitro groups is 1. The number of ketones is 1. The third-order valence-electron chi connectivity index (χ3n) is 6.07. The molecule has 1 unspecified atom stereocenters. The summed E-state index contributed by atoms with van der Waals surface area (Å²) in [6.45, 7) is 2.00. The molecule has 3 aromatic carbocycles. The minimum Gasteiger partial charge on any atom is -0.507 e. The summed E-state index contributed by atoms with van der Waals surface area (Å²) in [4.78, 5) is 50.0. The molecule has 0 aromatic heterocycles. The van der Waals surface area contributed by atoms with E-state index in [4.69, 9.17) is 4.74 Å². The van der Waals surface area contributed by atoms with Gasteiger partial charge in [-0.2, -0.15) is 0 Å². The molecule has 0 aliphatic carbocycles. The van der Waals surface area contributed by atoms with Crippen LogP contribution in [0.4, 0.5) is 11.4 Å². The maximum atomic E-state index is 13.2. The molecule has 1 atom stereocenters. The van der Waals surface area contributed by atoms with Crippen LogP contribution in [0, 0.1) is 10.1 Å². The van der Waals surface area contributed by atoms with Gasteiger partial charge in [0.15, 0.2) is 0 Å². The fraction of sp³-hybridized carbons (Fsp3) is 0.148. The first-order chi connectivity index (χ1) is 17.3. The number of aliphatic hydroxyl groups excluding tert-OH is 1. The normalized spacial score (nSPS) is 16.7. The van der Waals surface area contributed by atoms with Crippen molar-refractivity contribution in [3.63, 3.8) is 0 Å². The van der Waals surface area contributed by atoms with E-state index in [9.17, 15) is 29.6 Å². The predicted octanol–water partition coefficient (Wildman–Crippen LogP) is 4.57. The van der Waals surface area contributed by atoms with Crippen molar-refractivity contribution in [2.24, 2.45) is 0 Å². The van der Waals surface area contributed by atoms with Crippen molar-refractivity contribution in [3.05, 3.63) is 111 Å². The number of carbonyl (C=O) groups is 3. The van der Waals surface area contributed by atoms with E-state index in [1.54, 1.807) is 12.1 Å². The molecule has 1 saturated heterocycles. The monoisotopic (exact) mass is 486 g/mol. The zero-order chi connectivity index (χ0) is 26.0. The minimum atomic E-state index is -0.963. The van der Waals surface area contributed by atoms with Crippen molar-refractivity contribution in [2.45, 2.75) is 19.4 Å². The van der Waals surface area contributed by atoms with Gasteiger partial charge in [-0.05, 0) is 53.9 Å². The Morgan fingerprint density at radius 2 is 1.56 bits per heavy atom. The zero-order valence-corrected chi connectivity index (χ0v) is 19.5. The largest absolute Gasteiger partial charge is 0.507 e. The highest BCUT2D eigenvalue weighted by Crippen LogP contribution is 2.42. The number of non-ortho nitro benzene ring substituents is 1. The van der Waals surface area contributed by atoms with Crippen LogP contribution >= 0.6 is 0 Å². The van der Waals surface area contributed by atoms with Crippen molar-refractivity contribution in [1.29, 1.82) is 0 Å². The van der Waals surface area contributed by atoms with Crippen LogP contribution in [-0.2, 0) is 20.7 Å². The lowest BCUT2D eigenvalue weighted by Crippen LogP contribution is -2.29. The van der Waals surface area contributed by atoms with Gasteiger partial charge in [-0.1, -0.05) is 31.2 Å². The first-order valence-corrected chi connectivity index (χ1v) is 11.1. The van der Waals surface area contributed by atoms with E-state index in [1.165, 1.54) is 60.5 Å². The van der Waals surface area contributed by atoms with E-state index in [0.717, 1.165) is 12.0 Å². The van der Waals surface area contributed by atoms with Gasteiger partial charge in [0.25, 0.3) is 17.4 Å². The molecule has 0 radical (unpaired) electrons. The lowest BCUT2D eigenvalue weighted by atomic mass is 9.94. The Morgan fingerprint density at radius 1 is 0.972 bits per heavy atom. The number of amides is 1. The zero-order valence-electron chi connectivity index (χ0n) is 19.5. The Labute approximate surface area is 206 Å². The van der Waals surface area contributed by atoms with Gasteiger partial charge in [-0.25, -0.2) is 4.79 Å². The summed E-state index contributed by atoms with van der Waals surface area (Å²) in [5.74, 6) is -2.74. The Balaban J connectivity index is 1.87. The van der Waals surface area contributed by atoms with Gasteiger partial charge in [0.2, 0.25) is 0 Å². The quantitative estimate of drug-likeness (QED) is 0.135. The Bertz CT molecular complexity index is 1380. The highest BCUT2D eigenvalue weighted by molar-refractivity contribution is 6.51. The fourth-order valence-electron chi connectivity index (χ4n) is 4.12. The maximum absolute atomic E-state index is 13.2. The van der Waals surface area contributed by atoms with Gasteiger partial charge >= 0.3 is 5.97 Å². The number of carbonyl (C=O) groups excluding carboxylic acids is 3. The maximum Gasteiger partial charge on any atom is 0.337 e. The van der Waals surface area contributed by atoms with E-state index in [2.05, 4.69) is 0 Å². The molecule has 0 bridgehead atoms. The number of anilines is 1. The number of hydrogen-bond acceptors (Lipinski definition) is 7. The van der Waals surface area contributed by atoms with Crippen LogP contribution in [0.2, 0.25) is 0 Å². The van der Waals surface area contributed by atoms with Crippen molar-refractivity contribution >= 4 is 34.8 Å². The highest BCUT2D eigenvalue weighted by atomic mass is 16.6. The molecular weight excluding hydrogens is 464 g/mol. The number of Topliss-reactive ketones (excluding diaryl/α,β-unsaturated/α-hetero) is 1. The molecule has 1 heterocycles. The van der Waals surface area contributed by atoms with Gasteiger partial charge < -0.3 is 9.84 Å². The van der Waals surface area contributed by atoms with Crippen molar-refractivity contribution in [2.75, 3.05) is 12.0 Å². The van der Waals surface area contributed by atoms with Crippen LogP contribution in [0.25, 0.3) is 5.76 Å². The van der Waals surface area contributed by atoms with E-state index in [1.807, 2.05) is 19.1 Å². The molecule has 0 spiro atoms. The molecule has 1 amide bonds. The number of ether oxygens (including phenoxy) is 1. The number of rotatable bonds is 6. The van der Waals surface area contributed by atoms with E-state index < -0.39 is 34.4 Å². The molecule has 4 rings (SSSR count). The van der Waals surface area contributed by atoms with Crippen LogP contribution in [-0.4, -0.2) is 34.8 Å². The number of aliphatic hydroxyl groups is 1.